The smallest absolute Gasteiger partial charge is 0.123 e. The van der Waals surface area contributed by atoms with Gasteiger partial charge >= 0.3 is 0 Å². The highest BCUT2D eigenvalue weighted by Crippen LogP contribution is 2.32. The van der Waals surface area contributed by atoms with Crippen LogP contribution in [0.5, 0.6) is 0 Å². The lowest BCUT2D eigenvalue weighted by Gasteiger charge is -2.23. The Labute approximate surface area is 138 Å². The van der Waals surface area contributed by atoms with Crippen LogP contribution in [-0.2, 0) is 0 Å². The largest absolute Gasteiger partial charge is 0.306 e. The summed E-state index contributed by atoms with van der Waals surface area (Å²) in [5, 5.41) is 4.04. The maximum absolute atomic E-state index is 13.6. The van der Waals surface area contributed by atoms with Crippen molar-refractivity contribution in [3.05, 3.63) is 68.4 Å². The second kappa shape index (κ2) is 7.39. The minimum absolute atomic E-state index is 0.120. The fourth-order valence-corrected chi connectivity index (χ4v) is 2.94. The molecule has 2 aromatic carbocycles. The monoisotopic (exact) mass is 369 g/mol. The molecule has 2 rings (SSSR count). The molecule has 0 spiro atoms. The van der Waals surface area contributed by atoms with E-state index < -0.39 is 0 Å². The van der Waals surface area contributed by atoms with Gasteiger partial charge in [-0.05, 0) is 66.9 Å². The first-order valence-electron chi connectivity index (χ1n) is 6.97. The first-order chi connectivity index (χ1) is 10.0. The van der Waals surface area contributed by atoms with Crippen molar-refractivity contribution < 1.29 is 4.39 Å². The van der Waals surface area contributed by atoms with Gasteiger partial charge in [-0.2, -0.15) is 0 Å². The average Bonchev–Trinajstić information content (AvgIpc) is 2.46. The Balaban J connectivity index is 2.52. The highest BCUT2D eigenvalue weighted by molar-refractivity contribution is 9.10. The predicted molar refractivity (Wildman–Crippen MR) is 90.4 cm³/mol. The standard InChI is InChI=1S/C17H18BrClFN/c1-3-8-21-17(14-9-12(18)5-4-11(14)2)15-10-13(20)6-7-16(15)19/h4-7,9-10,17,21H,3,8H2,1-2H3. The van der Waals surface area contributed by atoms with E-state index in [2.05, 4.69) is 41.2 Å². The van der Waals surface area contributed by atoms with Crippen molar-refractivity contribution in [1.29, 1.82) is 0 Å². The van der Waals surface area contributed by atoms with E-state index >= 15 is 0 Å². The van der Waals surface area contributed by atoms with E-state index in [0.717, 1.165) is 34.1 Å². The highest BCUT2D eigenvalue weighted by atomic mass is 79.9. The second-order valence-electron chi connectivity index (χ2n) is 5.05. The molecule has 0 aliphatic rings. The summed E-state index contributed by atoms with van der Waals surface area (Å²) in [5.41, 5.74) is 3.02. The topological polar surface area (TPSA) is 12.0 Å². The number of nitrogens with one attached hydrogen (secondary N) is 1. The molecule has 0 bridgehead atoms. The summed E-state index contributed by atoms with van der Waals surface area (Å²) in [4.78, 5) is 0. The lowest BCUT2D eigenvalue weighted by molar-refractivity contribution is 0.584. The Hall–Kier alpha value is -0.900. The molecule has 0 aliphatic carbocycles. The number of benzene rings is 2. The third-order valence-electron chi connectivity index (χ3n) is 3.42. The molecule has 1 atom stereocenters. The second-order valence-corrected chi connectivity index (χ2v) is 6.38. The third-order valence-corrected chi connectivity index (χ3v) is 4.26. The molecule has 1 nitrogen and oxygen atoms in total. The minimum atomic E-state index is -0.273. The van der Waals surface area contributed by atoms with Gasteiger partial charge in [0.15, 0.2) is 0 Å². The molecule has 0 amide bonds. The molecule has 0 aliphatic heterocycles. The third kappa shape index (κ3) is 4.06. The normalized spacial score (nSPS) is 12.4. The van der Waals surface area contributed by atoms with Crippen molar-refractivity contribution >= 4 is 27.5 Å². The summed E-state index contributed by atoms with van der Waals surface area (Å²) < 4.78 is 14.6. The van der Waals surface area contributed by atoms with E-state index in [-0.39, 0.29) is 11.9 Å². The van der Waals surface area contributed by atoms with Gasteiger partial charge in [0.2, 0.25) is 0 Å². The van der Waals surface area contributed by atoms with Crippen LogP contribution in [0.4, 0.5) is 4.39 Å². The van der Waals surface area contributed by atoms with Gasteiger partial charge in [-0.15, -0.1) is 0 Å². The molecule has 21 heavy (non-hydrogen) atoms. The van der Waals surface area contributed by atoms with Crippen LogP contribution in [-0.4, -0.2) is 6.54 Å². The van der Waals surface area contributed by atoms with E-state index in [1.54, 1.807) is 6.07 Å². The lowest BCUT2D eigenvalue weighted by atomic mass is 9.94. The van der Waals surface area contributed by atoms with Gasteiger partial charge in [0.1, 0.15) is 5.82 Å². The fourth-order valence-electron chi connectivity index (χ4n) is 2.33. The molecule has 112 valence electrons. The van der Waals surface area contributed by atoms with E-state index in [4.69, 9.17) is 11.6 Å². The number of rotatable bonds is 5. The zero-order valence-electron chi connectivity index (χ0n) is 12.1. The Morgan fingerprint density at radius 2 is 1.95 bits per heavy atom. The number of hydrogen-bond donors (Lipinski definition) is 1. The molecular formula is C17H18BrClFN. The van der Waals surface area contributed by atoms with Crippen molar-refractivity contribution in [3.8, 4) is 0 Å². The van der Waals surface area contributed by atoms with Crippen LogP contribution in [0.25, 0.3) is 0 Å². The molecule has 0 saturated heterocycles. The molecule has 1 N–H and O–H groups in total. The molecule has 0 aromatic heterocycles. The number of aryl methyl sites for hydroxylation is 1. The van der Waals surface area contributed by atoms with Crippen LogP contribution in [0, 0.1) is 12.7 Å². The minimum Gasteiger partial charge on any atom is -0.306 e. The van der Waals surface area contributed by atoms with Gasteiger partial charge < -0.3 is 5.32 Å². The molecule has 0 fully saturated rings. The number of hydrogen-bond acceptors (Lipinski definition) is 1. The molecule has 4 heteroatoms. The Bertz CT molecular complexity index is 579. The zero-order chi connectivity index (χ0) is 15.4. The molecule has 0 saturated carbocycles. The summed E-state index contributed by atoms with van der Waals surface area (Å²) >= 11 is 9.80. The van der Waals surface area contributed by atoms with Gasteiger partial charge in [0.05, 0.1) is 6.04 Å². The van der Waals surface area contributed by atoms with Crippen LogP contribution >= 0.6 is 27.5 Å². The van der Waals surface area contributed by atoms with E-state index in [0.29, 0.717) is 5.02 Å². The van der Waals surface area contributed by atoms with Crippen molar-refractivity contribution in [2.24, 2.45) is 0 Å². The van der Waals surface area contributed by atoms with Crippen LogP contribution in [0.3, 0.4) is 0 Å². The summed E-state index contributed by atoms with van der Waals surface area (Å²) in [6.07, 6.45) is 0.997. The summed E-state index contributed by atoms with van der Waals surface area (Å²) in [6.45, 7) is 4.99. The van der Waals surface area contributed by atoms with Gasteiger partial charge in [-0.1, -0.05) is 40.5 Å². The van der Waals surface area contributed by atoms with E-state index in [1.165, 1.54) is 12.1 Å². The van der Waals surface area contributed by atoms with Crippen LogP contribution in [0.2, 0.25) is 5.02 Å². The van der Waals surface area contributed by atoms with Gasteiger partial charge in [-0.3, -0.25) is 0 Å². The first-order valence-corrected chi connectivity index (χ1v) is 8.14. The quantitative estimate of drug-likeness (QED) is 0.718. The fraction of sp³-hybridized carbons (Fsp3) is 0.294. The molecule has 1 unspecified atom stereocenters. The van der Waals surface area contributed by atoms with Crippen molar-refractivity contribution in [3.63, 3.8) is 0 Å². The van der Waals surface area contributed by atoms with Gasteiger partial charge in [0.25, 0.3) is 0 Å². The van der Waals surface area contributed by atoms with E-state index in [9.17, 15) is 4.39 Å². The number of halogens is 3. The molecule has 0 heterocycles. The maximum atomic E-state index is 13.6. The Morgan fingerprint density at radius 1 is 1.19 bits per heavy atom. The lowest BCUT2D eigenvalue weighted by Crippen LogP contribution is -2.24. The molecule has 0 radical (unpaired) electrons. The summed E-state index contributed by atoms with van der Waals surface area (Å²) in [6, 6.07) is 10.5. The first kappa shape index (κ1) is 16.5. The Kier molecular flexibility index (Phi) is 5.80. The Morgan fingerprint density at radius 3 is 2.67 bits per heavy atom. The molecule has 2 aromatic rings. The van der Waals surface area contributed by atoms with Crippen LogP contribution in [0.15, 0.2) is 40.9 Å². The van der Waals surface area contributed by atoms with Crippen molar-refractivity contribution in [2.45, 2.75) is 26.3 Å². The van der Waals surface area contributed by atoms with Crippen molar-refractivity contribution in [1.82, 2.24) is 5.32 Å². The average molecular weight is 371 g/mol. The van der Waals surface area contributed by atoms with Crippen LogP contribution in [0.1, 0.15) is 36.1 Å². The SMILES string of the molecule is CCCNC(c1cc(Br)ccc1C)c1cc(F)ccc1Cl. The highest BCUT2D eigenvalue weighted by Gasteiger charge is 2.19. The van der Waals surface area contributed by atoms with E-state index in [1.807, 2.05) is 12.1 Å². The molecular weight excluding hydrogens is 353 g/mol. The van der Waals surface area contributed by atoms with Gasteiger partial charge in [0, 0.05) is 9.50 Å². The maximum Gasteiger partial charge on any atom is 0.123 e. The zero-order valence-corrected chi connectivity index (χ0v) is 14.4. The van der Waals surface area contributed by atoms with Gasteiger partial charge in [-0.25, -0.2) is 4.39 Å². The summed E-state index contributed by atoms with van der Waals surface area (Å²) in [7, 11) is 0. The summed E-state index contributed by atoms with van der Waals surface area (Å²) in [5.74, 6) is -0.273. The van der Waals surface area contributed by atoms with Crippen molar-refractivity contribution in [2.75, 3.05) is 6.54 Å². The predicted octanol–water partition coefficient (Wildman–Crippen LogP) is 5.64. The van der Waals surface area contributed by atoms with Crippen LogP contribution < -0.4 is 5.32 Å².